The van der Waals surface area contributed by atoms with E-state index in [0.29, 0.717) is 4.86 Å². The first-order valence-electron chi connectivity index (χ1n) is 2.93. The molecular weight excluding hydrogens is 148 g/mol. The van der Waals surface area contributed by atoms with Gasteiger partial charge < -0.3 is 0 Å². The fourth-order valence-corrected chi connectivity index (χ4v) is 1.97. The van der Waals surface area contributed by atoms with E-state index in [-0.39, 0.29) is 22.1 Å². The molecule has 0 spiro atoms. The van der Waals surface area contributed by atoms with Crippen LogP contribution in [0.25, 0.3) is 0 Å². The Morgan fingerprint density at radius 3 is 1.30 bits per heavy atom. The predicted molar refractivity (Wildman–Crippen MR) is 45.8 cm³/mol. The molecule has 10 heavy (non-hydrogen) atoms. The van der Waals surface area contributed by atoms with Crippen LogP contribution in [-0.2, 0) is 9.59 Å². The highest BCUT2D eigenvalue weighted by Crippen LogP contribution is 2.04. The molecule has 0 aliphatic heterocycles. The molecule has 0 saturated heterocycles. The van der Waals surface area contributed by atoms with Crippen molar-refractivity contribution in [2.45, 2.75) is 13.8 Å². The molecule has 0 aromatic carbocycles. The third-order valence-electron chi connectivity index (χ3n) is 1.05. The first-order valence-corrected chi connectivity index (χ1v) is 4.97. The molecule has 0 aliphatic rings. The summed E-state index contributed by atoms with van der Waals surface area (Å²) >= 11 is 0. The van der Waals surface area contributed by atoms with Crippen molar-refractivity contribution in [1.82, 2.24) is 0 Å². The minimum atomic E-state index is -0.196. The van der Waals surface area contributed by atoms with Gasteiger partial charge in [-0.3, -0.25) is 9.59 Å². The molecule has 3 heteroatoms. The third kappa shape index (κ3) is 2.43. The Morgan fingerprint density at radius 1 is 1.00 bits per heavy atom. The van der Waals surface area contributed by atoms with Crippen molar-refractivity contribution < 1.29 is 9.59 Å². The Kier molecular flexibility index (Phi) is 3.50. The van der Waals surface area contributed by atoms with Crippen LogP contribution in [0.15, 0.2) is 0 Å². The molecule has 0 fully saturated rings. The Balaban J connectivity index is 4.79. The molecule has 0 saturated carbocycles. The standard InChI is InChI=1S/C7H12O2S/c1-5(8)7(6(2)9)10(3)4/h1-4H3. The Hall–Kier alpha value is -0.440. The van der Waals surface area contributed by atoms with Gasteiger partial charge in [0.1, 0.15) is 0 Å². The SMILES string of the molecule is CC(=O)C(C(C)=O)=S(C)C. The lowest BCUT2D eigenvalue weighted by molar-refractivity contribution is -0.114. The van der Waals surface area contributed by atoms with Crippen molar-refractivity contribution in [2.24, 2.45) is 0 Å². The topological polar surface area (TPSA) is 34.1 Å². The van der Waals surface area contributed by atoms with E-state index in [2.05, 4.69) is 0 Å². The second kappa shape index (κ2) is 3.66. The highest BCUT2D eigenvalue weighted by atomic mass is 32.2. The van der Waals surface area contributed by atoms with E-state index in [0.717, 1.165) is 0 Å². The van der Waals surface area contributed by atoms with Crippen molar-refractivity contribution in [2.75, 3.05) is 12.5 Å². The third-order valence-corrected chi connectivity index (χ3v) is 2.44. The van der Waals surface area contributed by atoms with E-state index in [9.17, 15) is 9.59 Å². The summed E-state index contributed by atoms with van der Waals surface area (Å²) in [5.74, 6) is -0.193. The number of carbonyl (C=O) groups is 2. The molecule has 0 aliphatic carbocycles. The molecule has 0 heterocycles. The summed E-state index contributed by atoms with van der Waals surface area (Å²) in [4.78, 5) is 22.0. The molecule has 0 N–H and O–H groups in total. The van der Waals surface area contributed by atoms with Crippen LogP contribution >= 0.6 is 10.5 Å². The van der Waals surface area contributed by atoms with Crippen molar-refractivity contribution in [3.8, 4) is 0 Å². The second-order valence-corrected chi connectivity index (χ2v) is 4.30. The number of carbonyl (C=O) groups excluding carboxylic acids is 2. The van der Waals surface area contributed by atoms with Gasteiger partial charge in [0.25, 0.3) is 0 Å². The summed E-state index contributed by atoms with van der Waals surface area (Å²) in [5, 5.41) is 0. The van der Waals surface area contributed by atoms with Gasteiger partial charge in [0, 0.05) is 0 Å². The molecular formula is C7H12O2S. The molecule has 58 valence electrons. The van der Waals surface area contributed by atoms with E-state index < -0.39 is 0 Å². The lowest BCUT2D eigenvalue weighted by Gasteiger charge is -2.00. The largest absolute Gasteiger partial charge is 0.294 e. The van der Waals surface area contributed by atoms with Gasteiger partial charge in [0.05, 0.1) is 4.86 Å². The maximum absolute atomic E-state index is 10.8. The molecule has 0 amide bonds. The van der Waals surface area contributed by atoms with E-state index in [4.69, 9.17) is 0 Å². The number of rotatable bonds is 2. The summed E-state index contributed by atoms with van der Waals surface area (Å²) in [7, 11) is -0.196. The number of Topliss-reactive ketones (excluding diaryl/α,β-unsaturated/α-hetero) is 2. The average molecular weight is 160 g/mol. The smallest absolute Gasteiger partial charge is 0.168 e. The normalized spacial score (nSPS) is 9.70. The molecule has 2 nitrogen and oxygen atoms in total. The Bertz CT molecular complexity index is 184. The second-order valence-electron chi connectivity index (χ2n) is 2.26. The molecule has 0 aromatic heterocycles. The van der Waals surface area contributed by atoms with E-state index in [1.165, 1.54) is 13.8 Å². The minimum Gasteiger partial charge on any atom is -0.294 e. The van der Waals surface area contributed by atoms with Gasteiger partial charge in [0.2, 0.25) is 0 Å². The number of hydrogen-bond acceptors (Lipinski definition) is 2. The summed E-state index contributed by atoms with van der Waals surface area (Å²) in [5.41, 5.74) is 0. The fraction of sp³-hybridized carbons (Fsp3) is 0.571. The van der Waals surface area contributed by atoms with Gasteiger partial charge >= 0.3 is 0 Å². The number of ketones is 2. The van der Waals surface area contributed by atoms with Gasteiger partial charge in [-0.25, -0.2) is 0 Å². The van der Waals surface area contributed by atoms with Crippen LogP contribution in [-0.4, -0.2) is 28.9 Å². The first kappa shape index (κ1) is 9.56. The van der Waals surface area contributed by atoms with Gasteiger partial charge in [-0.1, -0.05) is 0 Å². The monoisotopic (exact) mass is 160 g/mol. The molecule has 0 aromatic rings. The van der Waals surface area contributed by atoms with Gasteiger partial charge in [-0.2, -0.15) is 10.5 Å². The van der Waals surface area contributed by atoms with Crippen LogP contribution in [0.4, 0.5) is 0 Å². The Morgan fingerprint density at radius 2 is 1.30 bits per heavy atom. The lowest BCUT2D eigenvalue weighted by atomic mass is 10.2. The van der Waals surface area contributed by atoms with Crippen LogP contribution in [0, 0.1) is 0 Å². The van der Waals surface area contributed by atoms with E-state index in [1.807, 2.05) is 12.5 Å². The summed E-state index contributed by atoms with van der Waals surface area (Å²) in [6.07, 6.45) is 3.75. The predicted octanol–water partition coefficient (Wildman–Crippen LogP) is 0.865. The van der Waals surface area contributed by atoms with Crippen LogP contribution < -0.4 is 0 Å². The quantitative estimate of drug-likeness (QED) is 0.443. The van der Waals surface area contributed by atoms with E-state index >= 15 is 0 Å². The van der Waals surface area contributed by atoms with Crippen LogP contribution in [0.2, 0.25) is 0 Å². The zero-order valence-electron chi connectivity index (χ0n) is 6.72. The van der Waals surface area contributed by atoms with Gasteiger partial charge in [-0.05, 0) is 26.4 Å². The molecule has 0 bridgehead atoms. The summed E-state index contributed by atoms with van der Waals surface area (Å²) < 4.78 is 0. The van der Waals surface area contributed by atoms with Crippen LogP contribution in [0.3, 0.4) is 0 Å². The number of hydrogen-bond donors (Lipinski definition) is 0. The fourth-order valence-electron chi connectivity index (χ4n) is 0.823. The maximum Gasteiger partial charge on any atom is 0.168 e. The summed E-state index contributed by atoms with van der Waals surface area (Å²) in [6, 6.07) is 0. The molecule has 0 rings (SSSR count). The van der Waals surface area contributed by atoms with Crippen LogP contribution in [0.1, 0.15) is 13.8 Å². The van der Waals surface area contributed by atoms with Crippen molar-refractivity contribution >= 4 is 26.9 Å². The lowest BCUT2D eigenvalue weighted by Crippen LogP contribution is -2.18. The molecule has 0 unspecified atom stereocenters. The zero-order chi connectivity index (χ0) is 8.31. The zero-order valence-corrected chi connectivity index (χ0v) is 7.54. The maximum atomic E-state index is 10.8. The van der Waals surface area contributed by atoms with Crippen molar-refractivity contribution in [1.29, 1.82) is 0 Å². The highest BCUT2D eigenvalue weighted by molar-refractivity contribution is 8.16. The Labute approximate surface area is 63.5 Å². The average Bonchev–Trinajstić information content (AvgIpc) is 1.59. The minimum absolute atomic E-state index is 0.0965. The van der Waals surface area contributed by atoms with E-state index in [1.54, 1.807) is 0 Å². The van der Waals surface area contributed by atoms with Gasteiger partial charge in [0.15, 0.2) is 11.6 Å². The molecule has 0 atom stereocenters. The van der Waals surface area contributed by atoms with Crippen LogP contribution in [0.5, 0.6) is 0 Å². The van der Waals surface area contributed by atoms with Crippen molar-refractivity contribution in [3.05, 3.63) is 0 Å². The van der Waals surface area contributed by atoms with Gasteiger partial charge in [-0.15, -0.1) is 0 Å². The first-order chi connectivity index (χ1) is 4.46. The highest BCUT2D eigenvalue weighted by Gasteiger charge is 2.09. The molecule has 0 radical (unpaired) electrons. The van der Waals surface area contributed by atoms with Crippen molar-refractivity contribution in [3.63, 3.8) is 0 Å². The summed E-state index contributed by atoms with van der Waals surface area (Å²) in [6.45, 7) is 2.87.